The molecule has 0 spiro atoms. The Labute approximate surface area is 737 Å². The maximum absolute atomic E-state index is 16.0. The highest BCUT2D eigenvalue weighted by Crippen LogP contribution is 2.29. The minimum atomic E-state index is -1.47. The smallest absolute Gasteiger partial charge is 0.326 e. The molecule has 684 valence electrons. The summed E-state index contributed by atoms with van der Waals surface area (Å²) in [6.07, 6.45) is 10.4. The molecule has 37 heteroatoms. The molecule has 0 aliphatic carbocycles. The molecule has 11 amide bonds. The molecule has 2 aliphatic rings. The number of H-pyrrole nitrogens is 4. The zero-order chi connectivity index (χ0) is 91.4. The lowest BCUT2D eigenvalue weighted by Gasteiger charge is -2.32. The number of carbonyl (C=O) groups is 12. The van der Waals surface area contributed by atoms with Crippen LogP contribution in [0.1, 0.15) is 153 Å². The number of aromatic nitrogens is 4. The molecule has 28 N–H and O–H groups in total. The van der Waals surface area contributed by atoms with Gasteiger partial charge in [-0.15, -0.1) is 0 Å². The Hall–Kier alpha value is -12.9. The summed E-state index contributed by atoms with van der Waals surface area (Å²) in [5.41, 5.74) is 34.5. The third kappa shape index (κ3) is 26.6. The lowest BCUT2D eigenvalue weighted by atomic mass is 9.97. The number of benzene rings is 4. The van der Waals surface area contributed by atoms with Gasteiger partial charge in [0.05, 0.1) is 6.04 Å². The third-order valence-corrected chi connectivity index (χ3v) is 23.8. The van der Waals surface area contributed by atoms with Crippen LogP contribution in [0.25, 0.3) is 43.6 Å². The van der Waals surface area contributed by atoms with E-state index < -0.39 is 149 Å². The molecular weight excluding hydrogens is 1630 g/mol. The van der Waals surface area contributed by atoms with Crippen molar-refractivity contribution in [1.82, 2.24) is 88.2 Å². The number of likely N-dealkylation sites (tertiary alicyclic amines) is 2. The molecule has 0 radical (unpaired) electrons. The van der Waals surface area contributed by atoms with Gasteiger partial charge < -0.3 is 122 Å². The molecule has 0 unspecified atom stereocenters. The second-order valence-electron chi connectivity index (χ2n) is 33.6. The number of carbonyl (C=O) groups excluding carboxylic acids is 11. The van der Waals surface area contributed by atoms with E-state index in [1.165, 1.54) is 9.80 Å². The topological polar surface area (TPSA) is 605 Å². The SMILES string of the molecule is CC[C@H](C)[C@H](NC(=O)[C@H](CC(C)C)NC(=O)[C@H](CCCNC(=N)N)NC(=O)[C@H](Cc1c[nH]c2ccccc12)NC(=O)[C@@H]1CCCN1C(=O)[C@H](Cc1c[nH]c2ccccc12)NC(=O)[C@H](Cc1c[nH]c2ccccc12)NC(=O)[C@@H]1CCCN1C(=O)[C@H](Cc1c[nH]c2ccccc12)NC(=O)[C@H](CCCCN)NC(=O)[C@H](CCCNC(=N)N)NC(=O)[C@@H](N)CCCCN)C(=O)O. The van der Waals surface area contributed by atoms with Crippen LogP contribution in [0.3, 0.4) is 0 Å². The van der Waals surface area contributed by atoms with Gasteiger partial charge in [0.2, 0.25) is 65.0 Å². The first kappa shape index (κ1) is 96.3. The van der Waals surface area contributed by atoms with Gasteiger partial charge in [-0.05, 0) is 161 Å². The van der Waals surface area contributed by atoms with Crippen LogP contribution in [-0.4, -0.2) is 229 Å². The number of guanidine groups is 2. The molecule has 6 heterocycles. The van der Waals surface area contributed by atoms with Crippen LogP contribution in [0.15, 0.2) is 122 Å². The third-order valence-electron chi connectivity index (χ3n) is 23.8. The van der Waals surface area contributed by atoms with Gasteiger partial charge in [-0.1, -0.05) is 113 Å². The van der Waals surface area contributed by atoms with Gasteiger partial charge in [-0.25, -0.2) is 4.79 Å². The number of amides is 11. The summed E-state index contributed by atoms with van der Waals surface area (Å²) in [5, 5.41) is 59.7. The van der Waals surface area contributed by atoms with Crippen LogP contribution in [-0.2, 0) is 83.2 Å². The normalized spacial score (nSPS) is 16.5. The van der Waals surface area contributed by atoms with Crippen molar-refractivity contribution < 1.29 is 62.6 Å². The van der Waals surface area contributed by atoms with Crippen LogP contribution < -0.4 is 87.2 Å². The van der Waals surface area contributed by atoms with E-state index >= 15 is 33.6 Å². The first-order valence-electron chi connectivity index (χ1n) is 44.1. The molecule has 37 nitrogen and oxygen atoms in total. The van der Waals surface area contributed by atoms with E-state index in [0.717, 1.165) is 43.6 Å². The number of carboxylic acids is 1. The van der Waals surface area contributed by atoms with Crippen molar-refractivity contribution in [3.05, 3.63) is 144 Å². The van der Waals surface area contributed by atoms with E-state index in [2.05, 4.69) is 78.4 Å². The highest BCUT2D eigenvalue weighted by molar-refractivity contribution is 6.01. The van der Waals surface area contributed by atoms with E-state index in [-0.39, 0.29) is 128 Å². The quantitative estimate of drug-likeness (QED) is 0.0148. The molecule has 0 bridgehead atoms. The minimum Gasteiger partial charge on any atom is -0.480 e. The van der Waals surface area contributed by atoms with Gasteiger partial charge in [0, 0.05) is 120 Å². The van der Waals surface area contributed by atoms with Gasteiger partial charge in [0.15, 0.2) is 11.9 Å². The standard InChI is InChI=1S/C90H126N24O13/c1-5-52(4)76(88(126)127)112-83(121)69(42-51(2)3)107-79(117)68(33-19-39-99-90(96)97)106-81(119)70(43-53-47-100-62-27-10-6-22-57(53)62)108-84(122)74-34-21-41-114(74)87(125)73(46-56-50-103-65-30-13-9-25-60(56)65)111-82(120)71(44-54-48-101-63-28-11-7-23-58(54)63)109-85(123)75-35-20-40-113(75)86(124)72(45-55-49-102-64-29-12-8-24-59(55)64)110-80(118)66(31-15-17-37-92)105-78(116)67(32-18-38-98-89(94)95)104-77(115)61(93)26-14-16-36-91/h6-13,22-25,27-30,47-52,61,66-76,100-103H,5,14-21,26,31-46,91-93H2,1-4H3,(H,104,115)(H,105,116)(H,106,119)(H,107,117)(H,108,122)(H,109,123)(H,110,118)(H,111,120)(H,112,121)(H,126,127)(H4,94,95,98)(H4,96,97,99)/t52-,61-,66-,67-,68-,69-,70-,71-,72-,73-,74-,75-,76-/m0/s1. The van der Waals surface area contributed by atoms with Crippen molar-refractivity contribution in [3.63, 3.8) is 0 Å². The zero-order valence-corrected chi connectivity index (χ0v) is 72.6. The monoisotopic (exact) mass is 1750 g/mol. The highest BCUT2D eigenvalue weighted by atomic mass is 16.4. The number of aromatic amines is 4. The number of hydrogen-bond donors (Lipinski definition) is 23. The zero-order valence-electron chi connectivity index (χ0n) is 72.6. The number of carboxylic acid groups (broad SMARTS) is 1. The highest BCUT2D eigenvalue weighted by Gasteiger charge is 2.44. The molecule has 4 aromatic carbocycles. The Morgan fingerprint density at radius 2 is 0.748 bits per heavy atom. The maximum atomic E-state index is 16.0. The summed E-state index contributed by atoms with van der Waals surface area (Å²) in [5.74, 6) is -10.6. The molecule has 10 rings (SSSR count). The molecular formula is C90H126N24O13. The van der Waals surface area contributed by atoms with Crippen molar-refractivity contribution in [3.8, 4) is 0 Å². The average Bonchev–Trinajstić information content (AvgIpc) is 1.69. The van der Waals surface area contributed by atoms with Crippen molar-refractivity contribution in [2.75, 3.05) is 39.3 Å². The lowest BCUT2D eigenvalue weighted by Crippen LogP contribution is -2.61. The molecule has 0 saturated carbocycles. The molecule has 2 aliphatic heterocycles. The minimum absolute atomic E-state index is 0.0173. The number of fused-ring (bicyclic) bond motifs is 4. The summed E-state index contributed by atoms with van der Waals surface area (Å²) in [6, 6.07) is 13.8. The number of aliphatic carboxylic acids is 1. The van der Waals surface area contributed by atoms with Crippen molar-refractivity contribution in [2.24, 2.45) is 40.5 Å². The second-order valence-corrected chi connectivity index (χ2v) is 33.6. The number of unbranched alkanes of at least 4 members (excludes halogenated alkanes) is 2. The Morgan fingerprint density at radius 1 is 0.425 bits per heavy atom. The Bertz CT molecular complexity index is 5150. The average molecular weight is 1750 g/mol. The number of para-hydroxylation sites is 4. The summed E-state index contributed by atoms with van der Waals surface area (Å²) in [4.78, 5) is 195. The number of rotatable bonds is 49. The van der Waals surface area contributed by atoms with Crippen molar-refractivity contribution in [2.45, 2.75) is 229 Å². The van der Waals surface area contributed by atoms with Crippen LogP contribution in [0.2, 0.25) is 0 Å². The summed E-state index contributed by atoms with van der Waals surface area (Å²) < 4.78 is 0. The van der Waals surface area contributed by atoms with Gasteiger partial charge in [-0.2, -0.15) is 0 Å². The number of hydrogen-bond acceptors (Lipinski definition) is 17. The Kier molecular flexibility index (Phi) is 35.6. The van der Waals surface area contributed by atoms with Crippen LogP contribution >= 0.6 is 0 Å². The Balaban J connectivity index is 0.937. The van der Waals surface area contributed by atoms with Gasteiger partial charge in [-0.3, -0.25) is 63.6 Å². The Morgan fingerprint density at radius 3 is 1.10 bits per heavy atom. The number of nitrogens with one attached hydrogen (secondary N) is 17. The van der Waals surface area contributed by atoms with E-state index in [9.17, 15) is 29.1 Å². The number of nitrogens with two attached hydrogens (primary N) is 5. The molecule has 2 saturated heterocycles. The number of nitrogens with zero attached hydrogens (tertiary/aromatic N) is 2. The van der Waals surface area contributed by atoms with E-state index in [0.29, 0.717) is 80.2 Å². The molecule has 4 aromatic heterocycles. The van der Waals surface area contributed by atoms with Gasteiger partial charge in [0.25, 0.3) is 0 Å². The lowest BCUT2D eigenvalue weighted by molar-refractivity contribution is -0.144. The van der Waals surface area contributed by atoms with Gasteiger partial charge >= 0.3 is 5.97 Å². The molecule has 127 heavy (non-hydrogen) atoms. The maximum Gasteiger partial charge on any atom is 0.326 e. The second kappa shape index (κ2) is 46.9. The van der Waals surface area contributed by atoms with Crippen LogP contribution in [0.4, 0.5) is 0 Å². The molecule has 8 aromatic rings. The predicted molar refractivity (Wildman–Crippen MR) is 483 cm³/mol. The summed E-state index contributed by atoms with van der Waals surface area (Å²) >= 11 is 0. The van der Waals surface area contributed by atoms with Crippen molar-refractivity contribution >= 4 is 126 Å². The fourth-order valence-corrected chi connectivity index (χ4v) is 16.7. The van der Waals surface area contributed by atoms with Gasteiger partial charge in [0.1, 0.15) is 66.5 Å². The fourth-order valence-electron chi connectivity index (χ4n) is 16.7. The predicted octanol–water partition coefficient (Wildman–Crippen LogP) is 2.52. The van der Waals surface area contributed by atoms with Crippen LogP contribution in [0, 0.1) is 22.7 Å². The first-order valence-corrected chi connectivity index (χ1v) is 44.1. The fraction of sp³-hybridized carbons (Fsp3) is 0.489. The summed E-state index contributed by atoms with van der Waals surface area (Å²) in [6.45, 7) is 8.11. The largest absolute Gasteiger partial charge is 0.480 e. The van der Waals surface area contributed by atoms with E-state index in [4.69, 9.17) is 39.5 Å². The summed E-state index contributed by atoms with van der Waals surface area (Å²) in [7, 11) is 0. The van der Waals surface area contributed by atoms with E-state index in [1.54, 1.807) is 38.6 Å². The molecule has 13 atom stereocenters. The van der Waals surface area contributed by atoms with Crippen LogP contribution in [0.5, 0.6) is 0 Å². The molecule has 2 fully saturated rings. The first-order chi connectivity index (χ1) is 61.0. The van der Waals surface area contributed by atoms with Crippen molar-refractivity contribution in [1.29, 1.82) is 10.8 Å². The van der Waals surface area contributed by atoms with E-state index in [1.807, 2.05) is 111 Å².